The van der Waals surface area contributed by atoms with Gasteiger partial charge in [-0.05, 0) is 37.1 Å². The number of methoxy groups -OCH3 is 1. The molecule has 1 heterocycles. The number of pyridine rings is 1. The van der Waals surface area contributed by atoms with Gasteiger partial charge in [0.2, 0.25) is 0 Å². The lowest BCUT2D eigenvalue weighted by Crippen LogP contribution is -2.18. The average molecular weight is 241 g/mol. The van der Waals surface area contributed by atoms with Crippen molar-refractivity contribution in [3.05, 3.63) is 45.8 Å². The summed E-state index contributed by atoms with van der Waals surface area (Å²) in [6.07, 6.45) is 5.93. The fourth-order valence-electron chi connectivity index (χ4n) is 2.60. The average Bonchev–Trinajstić information content (AvgIpc) is 2.44. The molecule has 3 rings (SSSR count). The van der Waals surface area contributed by atoms with E-state index in [1.54, 1.807) is 7.11 Å². The molecule has 1 aromatic carbocycles. The van der Waals surface area contributed by atoms with E-state index in [-0.39, 0.29) is 5.43 Å². The lowest BCUT2D eigenvalue weighted by molar-refractivity contribution is 0.415. The summed E-state index contributed by atoms with van der Waals surface area (Å²) in [6, 6.07) is 5.66. The van der Waals surface area contributed by atoms with Crippen LogP contribution in [0.1, 0.15) is 17.7 Å². The molecule has 1 aliphatic carbocycles. The Balaban J connectivity index is 2.45. The number of benzene rings is 1. The van der Waals surface area contributed by atoms with Crippen molar-refractivity contribution < 1.29 is 4.74 Å². The summed E-state index contributed by atoms with van der Waals surface area (Å²) >= 11 is 0. The summed E-state index contributed by atoms with van der Waals surface area (Å²) in [5.41, 5.74) is 3.04. The van der Waals surface area contributed by atoms with Gasteiger partial charge in [-0.25, -0.2) is 0 Å². The van der Waals surface area contributed by atoms with Crippen molar-refractivity contribution in [1.29, 1.82) is 0 Å². The lowest BCUT2D eigenvalue weighted by atomic mass is 9.98. The predicted molar refractivity (Wildman–Crippen MR) is 73.1 cm³/mol. The normalized spacial score (nSPS) is 13.7. The molecule has 1 aliphatic rings. The minimum absolute atomic E-state index is 0.140. The number of aromatic nitrogens is 1. The monoisotopic (exact) mass is 241 g/mol. The van der Waals surface area contributed by atoms with E-state index in [0.29, 0.717) is 0 Å². The van der Waals surface area contributed by atoms with Gasteiger partial charge in [0.25, 0.3) is 0 Å². The van der Waals surface area contributed by atoms with Crippen molar-refractivity contribution in [3.63, 3.8) is 0 Å². The number of ether oxygens (including phenoxy) is 1. The lowest BCUT2D eigenvalue weighted by Gasteiger charge is -2.17. The summed E-state index contributed by atoms with van der Waals surface area (Å²) in [5.74, 6) is 0.728. The van der Waals surface area contributed by atoms with Crippen LogP contribution < -0.4 is 10.2 Å². The van der Waals surface area contributed by atoms with Gasteiger partial charge in [-0.2, -0.15) is 0 Å². The third-order valence-electron chi connectivity index (χ3n) is 3.59. The van der Waals surface area contributed by atoms with E-state index in [1.807, 2.05) is 31.3 Å². The van der Waals surface area contributed by atoms with Crippen molar-refractivity contribution >= 4 is 17.0 Å². The molecule has 0 bridgehead atoms. The largest absolute Gasteiger partial charge is 0.497 e. The van der Waals surface area contributed by atoms with E-state index >= 15 is 0 Å². The Morgan fingerprint density at radius 2 is 2.17 bits per heavy atom. The zero-order valence-electron chi connectivity index (χ0n) is 10.6. The van der Waals surface area contributed by atoms with Crippen LogP contribution in [0.4, 0.5) is 0 Å². The van der Waals surface area contributed by atoms with Crippen LogP contribution in [0.2, 0.25) is 0 Å². The Morgan fingerprint density at radius 3 is 2.94 bits per heavy atom. The van der Waals surface area contributed by atoms with E-state index < -0.39 is 0 Å². The van der Waals surface area contributed by atoms with Crippen molar-refractivity contribution in [1.82, 2.24) is 4.57 Å². The molecule has 0 radical (unpaired) electrons. The Bertz CT molecular complexity index is 710. The maximum Gasteiger partial charge on any atom is 0.193 e. The maximum absolute atomic E-state index is 12.5. The molecule has 0 atom stereocenters. The fraction of sp³-hybridized carbons (Fsp3) is 0.267. The van der Waals surface area contributed by atoms with Crippen LogP contribution in [0.5, 0.6) is 5.75 Å². The first-order valence-corrected chi connectivity index (χ1v) is 6.08. The first-order chi connectivity index (χ1) is 8.72. The molecule has 2 aromatic rings. The molecule has 1 aromatic heterocycles. The number of allylic oxidation sites excluding steroid dienone is 1. The van der Waals surface area contributed by atoms with Gasteiger partial charge >= 0.3 is 0 Å². The van der Waals surface area contributed by atoms with Gasteiger partial charge in [0.1, 0.15) is 5.75 Å². The Kier molecular flexibility index (Phi) is 2.47. The Labute approximate surface area is 105 Å². The number of hydrogen-bond donors (Lipinski definition) is 0. The first kappa shape index (κ1) is 11.1. The highest BCUT2D eigenvalue weighted by Gasteiger charge is 2.15. The second-order valence-electron chi connectivity index (χ2n) is 4.58. The molecule has 3 heteroatoms. The molecule has 92 valence electrons. The van der Waals surface area contributed by atoms with Gasteiger partial charge in [-0.15, -0.1) is 0 Å². The molecular formula is C15H15NO2. The quantitative estimate of drug-likeness (QED) is 0.768. The number of nitrogens with zero attached hydrogens (tertiary/aromatic N) is 1. The number of rotatable bonds is 1. The zero-order valence-corrected chi connectivity index (χ0v) is 10.6. The fourth-order valence-corrected chi connectivity index (χ4v) is 2.60. The molecular weight excluding hydrogens is 226 g/mol. The first-order valence-electron chi connectivity index (χ1n) is 6.08. The molecule has 0 N–H and O–H groups in total. The van der Waals surface area contributed by atoms with E-state index in [9.17, 15) is 4.79 Å². The molecule has 18 heavy (non-hydrogen) atoms. The van der Waals surface area contributed by atoms with Crippen molar-refractivity contribution in [3.8, 4) is 5.75 Å². The molecule has 0 amide bonds. The van der Waals surface area contributed by atoms with Crippen LogP contribution in [-0.2, 0) is 13.5 Å². The topological polar surface area (TPSA) is 31.2 Å². The molecule has 0 saturated carbocycles. The van der Waals surface area contributed by atoms with Crippen LogP contribution in [0.3, 0.4) is 0 Å². The molecule has 0 unspecified atom stereocenters. The Morgan fingerprint density at radius 1 is 1.33 bits per heavy atom. The van der Waals surface area contributed by atoms with Gasteiger partial charge in [0.05, 0.1) is 12.6 Å². The highest BCUT2D eigenvalue weighted by molar-refractivity contribution is 5.83. The highest BCUT2D eigenvalue weighted by Crippen LogP contribution is 2.23. The van der Waals surface area contributed by atoms with Gasteiger partial charge in [0.15, 0.2) is 5.43 Å². The third kappa shape index (κ3) is 1.47. The van der Waals surface area contributed by atoms with Crippen LogP contribution >= 0.6 is 0 Å². The van der Waals surface area contributed by atoms with Gasteiger partial charge in [-0.3, -0.25) is 4.79 Å². The number of aryl methyl sites for hydroxylation is 1. The predicted octanol–water partition coefficient (Wildman–Crippen LogP) is 2.51. The second-order valence-corrected chi connectivity index (χ2v) is 4.58. The SMILES string of the molecule is COc1ccc2c(c1)c(=O)c1c(n2C)C=CCC1. The smallest absolute Gasteiger partial charge is 0.193 e. The number of hydrogen-bond acceptors (Lipinski definition) is 2. The molecule has 0 fully saturated rings. The summed E-state index contributed by atoms with van der Waals surface area (Å²) in [7, 11) is 3.62. The second kappa shape index (κ2) is 4.02. The third-order valence-corrected chi connectivity index (χ3v) is 3.59. The van der Waals surface area contributed by atoms with Gasteiger partial charge in [0, 0.05) is 23.7 Å². The highest BCUT2D eigenvalue weighted by atomic mass is 16.5. The minimum Gasteiger partial charge on any atom is -0.497 e. The van der Waals surface area contributed by atoms with Crippen LogP contribution in [0, 0.1) is 0 Å². The summed E-state index contributed by atoms with van der Waals surface area (Å²) in [4.78, 5) is 12.5. The van der Waals surface area contributed by atoms with Crippen LogP contribution in [-0.4, -0.2) is 11.7 Å². The summed E-state index contributed by atoms with van der Waals surface area (Å²) in [6.45, 7) is 0. The van der Waals surface area contributed by atoms with E-state index in [0.717, 1.165) is 40.8 Å². The molecule has 3 nitrogen and oxygen atoms in total. The van der Waals surface area contributed by atoms with Gasteiger partial charge in [-0.1, -0.05) is 6.08 Å². The van der Waals surface area contributed by atoms with Crippen LogP contribution in [0.15, 0.2) is 29.1 Å². The maximum atomic E-state index is 12.5. The van der Waals surface area contributed by atoms with E-state index in [4.69, 9.17) is 4.74 Å². The van der Waals surface area contributed by atoms with Crippen molar-refractivity contribution in [2.24, 2.45) is 7.05 Å². The Hall–Kier alpha value is -2.03. The van der Waals surface area contributed by atoms with E-state index in [1.165, 1.54) is 0 Å². The molecule has 0 spiro atoms. The standard InChI is InChI=1S/C15H15NO2/c1-16-13-6-4-3-5-11(13)15(17)12-9-10(18-2)7-8-14(12)16/h4,6-9H,3,5H2,1-2H3. The zero-order chi connectivity index (χ0) is 12.7. The molecule has 0 aliphatic heterocycles. The minimum atomic E-state index is 0.140. The van der Waals surface area contributed by atoms with Crippen molar-refractivity contribution in [2.75, 3.05) is 7.11 Å². The summed E-state index contributed by atoms with van der Waals surface area (Å²) < 4.78 is 7.28. The summed E-state index contributed by atoms with van der Waals surface area (Å²) in [5, 5.41) is 0.742. The van der Waals surface area contributed by atoms with E-state index in [2.05, 4.69) is 10.6 Å². The van der Waals surface area contributed by atoms with Gasteiger partial charge < -0.3 is 9.30 Å². The van der Waals surface area contributed by atoms with Crippen LogP contribution in [0.25, 0.3) is 17.0 Å². The van der Waals surface area contributed by atoms with Crippen molar-refractivity contribution in [2.45, 2.75) is 12.8 Å². The number of fused-ring (bicyclic) bond motifs is 2. The molecule has 0 saturated heterocycles.